The van der Waals surface area contributed by atoms with Crippen LogP contribution in [0.2, 0.25) is 0 Å². The lowest BCUT2D eigenvalue weighted by molar-refractivity contribution is 0.439. The lowest BCUT2D eigenvalue weighted by Gasteiger charge is -2.22. The molecule has 0 spiro atoms. The van der Waals surface area contributed by atoms with E-state index in [-0.39, 0.29) is 0 Å². The van der Waals surface area contributed by atoms with E-state index < -0.39 is 0 Å². The Bertz CT molecular complexity index is 397. The van der Waals surface area contributed by atoms with Crippen LogP contribution >= 0.6 is 0 Å². The Balaban J connectivity index is 2.06. The van der Waals surface area contributed by atoms with Gasteiger partial charge in [-0.25, -0.2) is 0 Å². The van der Waals surface area contributed by atoms with E-state index >= 15 is 0 Å². The summed E-state index contributed by atoms with van der Waals surface area (Å²) in [5.74, 6) is 0.760. The maximum atomic E-state index is 3.74. The minimum absolute atomic E-state index is 0.731. The molecule has 106 valence electrons. The Morgan fingerprint density at radius 1 is 1.11 bits per heavy atom. The second-order valence-electron chi connectivity index (χ2n) is 6.21. The molecule has 0 aromatic heterocycles. The Labute approximate surface area is 118 Å². The van der Waals surface area contributed by atoms with Crippen molar-refractivity contribution in [3.63, 3.8) is 0 Å². The third kappa shape index (κ3) is 4.07. The first-order valence-electron chi connectivity index (χ1n) is 8.01. The Morgan fingerprint density at radius 2 is 1.89 bits per heavy atom. The second kappa shape index (κ2) is 7.09. The molecule has 1 heteroatoms. The van der Waals surface area contributed by atoms with E-state index in [9.17, 15) is 0 Å². The van der Waals surface area contributed by atoms with Gasteiger partial charge in [0.1, 0.15) is 0 Å². The van der Waals surface area contributed by atoms with Gasteiger partial charge >= 0.3 is 0 Å². The van der Waals surface area contributed by atoms with Crippen molar-refractivity contribution in [2.24, 2.45) is 0 Å². The van der Waals surface area contributed by atoms with E-state index in [1.807, 2.05) is 0 Å². The van der Waals surface area contributed by atoms with Crippen LogP contribution < -0.4 is 5.32 Å². The predicted molar refractivity (Wildman–Crippen MR) is 83.8 cm³/mol. The van der Waals surface area contributed by atoms with Crippen LogP contribution in [0.1, 0.15) is 68.1 Å². The lowest BCUT2D eigenvalue weighted by atomic mass is 9.88. The summed E-state index contributed by atoms with van der Waals surface area (Å²) in [5.41, 5.74) is 4.42. The molecule has 0 bridgehead atoms. The lowest BCUT2D eigenvalue weighted by Crippen LogP contribution is -2.30. The van der Waals surface area contributed by atoms with Gasteiger partial charge in [0, 0.05) is 6.04 Å². The SMILES string of the molecule is CCCNC1CCCCC(c2ccc(C)c(C)c2)C1. The Morgan fingerprint density at radius 3 is 2.63 bits per heavy atom. The summed E-state index contributed by atoms with van der Waals surface area (Å²) in [6.07, 6.45) is 8.08. The van der Waals surface area contributed by atoms with Crippen molar-refractivity contribution in [1.82, 2.24) is 5.32 Å². The molecule has 0 aliphatic heterocycles. The molecule has 1 fully saturated rings. The highest BCUT2D eigenvalue weighted by Gasteiger charge is 2.21. The van der Waals surface area contributed by atoms with E-state index in [2.05, 4.69) is 44.3 Å². The maximum absolute atomic E-state index is 3.74. The summed E-state index contributed by atoms with van der Waals surface area (Å²) in [4.78, 5) is 0. The fourth-order valence-electron chi connectivity index (χ4n) is 3.22. The molecule has 2 unspecified atom stereocenters. The molecule has 1 aliphatic carbocycles. The average molecular weight is 259 g/mol. The zero-order valence-corrected chi connectivity index (χ0v) is 12.8. The van der Waals surface area contributed by atoms with Crippen molar-refractivity contribution in [3.8, 4) is 0 Å². The van der Waals surface area contributed by atoms with Crippen LogP contribution in [0.25, 0.3) is 0 Å². The summed E-state index contributed by atoms with van der Waals surface area (Å²) in [6.45, 7) is 7.87. The summed E-state index contributed by atoms with van der Waals surface area (Å²) >= 11 is 0. The van der Waals surface area contributed by atoms with Gasteiger partial charge in [0.25, 0.3) is 0 Å². The minimum atomic E-state index is 0.731. The number of aryl methyl sites for hydroxylation is 2. The summed E-state index contributed by atoms with van der Waals surface area (Å²) in [7, 11) is 0. The molecular weight excluding hydrogens is 230 g/mol. The summed E-state index contributed by atoms with van der Waals surface area (Å²) in [5, 5.41) is 3.74. The molecule has 1 aromatic carbocycles. The third-order valence-electron chi connectivity index (χ3n) is 4.61. The molecule has 1 nitrogen and oxygen atoms in total. The second-order valence-corrected chi connectivity index (χ2v) is 6.21. The van der Waals surface area contributed by atoms with Crippen molar-refractivity contribution in [2.75, 3.05) is 6.54 Å². The zero-order chi connectivity index (χ0) is 13.7. The predicted octanol–water partition coefficient (Wildman–Crippen LogP) is 4.72. The van der Waals surface area contributed by atoms with Crippen molar-refractivity contribution in [3.05, 3.63) is 34.9 Å². The van der Waals surface area contributed by atoms with Crippen molar-refractivity contribution < 1.29 is 0 Å². The van der Waals surface area contributed by atoms with E-state index in [0.717, 1.165) is 12.0 Å². The molecule has 2 rings (SSSR count). The average Bonchev–Trinajstić information content (AvgIpc) is 2.65. The van der Waals surface area contributed by atoms with E-state index in [0.29, 0.717) is 0 Å². The van der Waals surface area contributed by atoms with Crippen LogP contribution in [-0.2, 0) is 0 Å². The topological polar surface area (TPSA) is 12.0 Å². The van der Waals surface area contributed by atoms with E-state index in [1.54, 1.807) is 5.56 Å². The standard InChI is InChI=1S/C18H29N/c1-4-11-19-18-8-6-5-7-16(13-18)17-10-9-14(2)15(3)12-17/h9-10,12,16,18-19H,4-8,11,13H2,1-3H3. The zero-order valence-electron chi connectivity index (χ0n) is 12.8. The Hall–Kier alpha value is -0.820. The molecular formula is C18H29N. The number of rotatable bonds is 4. The number of hydrogen-bond donors (Lipinski definition) is 1. The molecule has 2 atom stereocenters. The third-order valence-corrected chi connectivity index (χ3v) is 4.61. The van der Waals surface area contributed by atoms with Gasteiger partial charge in [0.2, 0.25) is 0 Å². The van der Waals surface area contributed by atoms with Crippen molar-refractivity contribution in [2.45, 2.75) is 71.3 Å². The van der Waals surface area contributed by atoms with Gasteiger partial charge in [-0.2, -0.15) is 0 Å². The van der Waals surface area contributed by atoms with Crippen LogP contribution in [0.5, 0.6) is 0 Å². The normalized spacial score (nSPS) is 24.2. The van der Waals surface area contributed by atoms with Crippen LogP contribution in [0, 0.1) is 13.8 Å². The van der Waals surface area contributed by atoms with Crippen LogP contribution in [0.15, 0.2) is 18.2 Å². The first-order valence-corrected chi connectivity index (χ1v) is 8.01. The van der Waals surface area contributed by atoms with Crippen molar-refractivity contribution >= 4 is 0 Å². The first-order chi connectivity index (χ1) is 9.20. The number of hydrogen-bond acceptors (Lipinski definition) is 1. The minimum Gasteiger partial charge on any atom is -0.314 e. The largest absolute Gasteiger partial charge is 0.314 e. The molecule has 1 aromatic rings. The fraction of sp³-hybridized carbons (Fsp3) is 0.667. The van der Waals surface area contributed by atoms with Gasteiger partial charge in [-0.05, 0) is 68.7 Å². The Kier molecular flexibility index (Phi) is 5.45. The molecule has 1 N–H and O–H groups in total. The van der Waals surface area contributed by atoms with Crippen LogP contribution in [0.3, 0.4) is 0 Å². The summed E-state index contributed by atoms with van der Waals surface area (Å²) < 4.78 is 0. The highest BCUT2D eigenvalue weighted by Crippen LogP contribution is 2.32. The number of benzene rings is 1. The van der Waals surface area contributed by atoms with Crippen molar-refractivity contribution in [1.29, 1.82) is 0 Å². The molecule has 0 heterocycles. The molecule has 0 saturated heterocycles. The van der Waals surface area contributed by atoms with Gasteiger partial charge in [-0.15, -0.1) is 0 Å². The molecule has 1 aliphatic rings. The van der Waals surface area contributed by atoms with Gasteiger partial charge in [0.15, 0.2) is 0 Å². The van der Waals surface area contributed by atoms with E-state index in [4.69, 9.17) is 0 Å². The van der Waals surface area contributed by atoms with Gasteiger partial charge in [-0.3, -0.25) is 0 Å². The first kappa shape index (κ1) is 14.6. The highest BCUT2D eigenvalue weighted by molar-refractivity contribution is 5.32. The van der Waals surface area contributed by atoms with Gasteiger partial charge in [-0.1, -0.05) is 38.0 Å². The van der Waals surface area contributed by atoms with Crippen LogP contribution in [0.4, 0.5) is 0 Å². The van der Waals surface area contributed by atoms with Gasteiger partial charge in [0.05, 0.1) is 0 Å². The highest BCUT2D eigenvalue weighted by atomic mass is 14.9. The van der Waals surface area contributed by atoms with E-state index in [1.165, 1.54) is 56.2 Å². The van der Waals surface area contributed by atoms with Crippen LogP contribution in [-0.4, -0.2) is 12.6 Å². The molecule has 1 saturated carbocycles. The molecule has 0 radical (unpaired) electrons. The smallest absolute Gasteiger partial charge is 0.00728 e. The molecule has 19 heavy (non-hydrogen) atoms. The maximum Gasteiger partial charge on any atom is 0.00728 e. The monoisotopic (exact) mass is 259 g/mol. The summed E-state index contributed by atoms with van der Waals surface area (Å²) in [6, 6.07) is 7.80. The fourth-order valence-corrected chi connectivity index (χ4v) is 3.22. The van der Waals surface area contributed by atoms with Gasteiger partial charge < -0.3 is 5.32 Å². The quantitative estimate of drug-likeness (QED) is 0.772. The number of nitrogens with one attached hydrogen (secondary N) is 1. The molecule has 0 amide bonds.